The summed E-state index contributed by atoms with van der Waals surface area (Å²) in [5.74, 6) is 0.378. The second-order valence-corrected chi connectivity index (χ2v) is 8.05. The van der Waals surface area contributed by atoms with Crippen LogP contribution in [0.5, 0.6) is 5.75 Å². The third kappa shape index (κ3) is 3.23. The van der Waals surface area contributed by atoms with E-state index >= 15 is 0 Å². The molecule has 0 aliphatic heterocycles. The first-order valence-corrected chi connectivity index (χ1v) is 9.76. The molecular formula is C18H20ClNO3S. The molecule has 0 spiro atoms. The number of benzene rings is 2. The van der Waals surface area contributed by atoms with Gasteiger partial charge in [-0.1, -0.05) is 17.7 Å². The van der Waals surface area contributed by atoms with Crippen LogP contribution >= 0.6 is 11.6 Å². The Labute approximate surface area is 147 Å². The standard InChI is InChI=1S/C18H20ClNO3S/c1-12-15(19)8-5-9-16(12)20-24(21,22)18-11-14-7-4-3-6-13(14)10-17(18)23-2/h5,8-11,20H,3-4,6-7H2,1-2H3. The summed E-state index contributed by atoms with van der Waals surface area (Å²) in [4.78, 5) is 0.171. The molecule has 1 aliphatic rings. The summed E-state index contributed by atoms with van der Waals surface area (Å²) >= 11 is 6.08. The van der Waals surface area contributed by atoms with Crippen LogP contribution in [0.1, 0.15) is 29.5 Å². The van der Waals surface area contributed by atoms with Crippen LogP contribution < -0.4 is 9.46 Å². The van der Waals surface area contributed by atoms with Gasteiger partial charge in [0.1, 0.15) is 10.6 Å². The van der Waals surface area contributed by atoms with E-state index in [9.17, 15) is 8.42 Å². The van der Waals surface area contributed by atoms with E-state index in [1.54, 1.807) is 31.2 Å². The number of nitrogens with one attached hydrogen (secondary N) is 1. The van der Waals surface area contributed by atoms with E-state index in [-0.39, 0.29) is 4.90 Å². The summed E-state index contributed by atoms with van der Waals surface area (Å²) in [7, 11) is -2.27. The summed E-state index contributed by atoms with van der Waals surface area (Å²) in [5, 5.41) is 0.521. The van der Waals surface area contributed by atoms with Gasteiger partial charge in [-0.25, -0.2) is 8.42 Å². The number of hydrogen-bond donors (Lipinski definition) is 1. The third-order valence-corrected chi connectivity index (χ3v) is 6.23. The van der Waals surface area contributed by atoms with Crippen LogP contribution in [-0.4, -0.2) is 15.5 Å². The predicted molar refractivity (Wildman–Crippen MR) is 96.6 cm³/mol. The second kappa shape index (κ2) is 6.65. The lowest BCUT2D eigenvalue weighted by molar-refractivity contribution is 0.401. The van der Waals surface area contributed by atoms with Crippen molar-refractivity contribution in [2.75, 3.05) is 11.8 Å². The summed E-state index contributed by atoms with van der Waals surface area (Å²) in [6.45, 7) is 1.78. The summed E-state index contributed by atoms with van der Waals surface area (Å²) in [5.41, 5.74) is 3.43. The minimum Gasteiger partial charge on any atom is -0.495 e. The fourth-order valence-electron chi connectivity index (χ4n) is 3.03. The molecule has 1 N–H and O–H groups in total. The van der Waals surface area contributed by atoms with Crippen molar-refractivity contribution in [1.29, 1.82) is 0 Å². The van der Waals surface area contributed by atoms with Crippen molar-refractivity contribution < 1.29 is 13.2 Å². The number of methoxy groups -OCH3 is 1. The second-order valence-electron chi connectivity index (χ2n) is 6.00. The third-order valence-electron chi connectivity index (χ3n) is 4.43. The SMILES string of the molecule is COc1cc2c(cc1S(=O)(=O)Nc1cccc(Cl)c1C)CCCC2. The lowest BCUT2D eigenvalue weighted by Gasteiger charge is -2.20. The van der Waals surface area contributed by atoms with E-state index in [1.807, 2.05) is 6.07 Å². The molecule has 0 amide bonds. The van der Waals surface area contributed by atoms with Gasteiger partial charge in [-0.05, 0) is 73.6 Å². The van der Waals surface area contributed by atoms with Crippen LogP contribution in [0.3, 0.4) is 0 Å². The molecule has 0 saturated carbocycles. The molecule has 0 fully saturated rings. The zero-order valence-corrected chi connectivity index (χ0v) is 15.3. The highest BCUT2D eigenvalue weighted by Crippen LogP contribution is 2.33. The molecule has 2 aromatic rings. The summed E-state index contributed by atoms with van der Waals surface area (Å²) < 4.78 is 33.8. The minimum absolute atomic E-state index is 0.171. The normalized spacial score (nSPS) is 14.1. The Morgan fingerprint density at radius 3 is 2.46 bits per heavy atom. The van der Waals surface area contributed by atoms with Crippen molar-refractivity contribution in [1.82, 2.24) is 0 Å². The molecule has 0 bridgehead atoms. The Morgan fingerprint density at radius 2 is 1.79 bits per heavy atom. The number of anilines is 1. The highest BCUT2D eigenvalue weighted by atomic mass is 35.5. The van der Waals surface area contributed by atoms with E-state index < -0.39 is 10.0 Å². The average molecular weight is 366 g/mol. The van der Waals surface area contributed by atoms with Gasteiger partial charge in [0.25, 0.3) is 10.0 Å². The molecule has 4 nitrogen and oxygen atoms in total. The summed E-state index contributed by atoms with van der Waals surface area (Å²) in [6.07, 6.45) is 4.08. The molecule has 0 unspecified atom stereocenters. The topological polar surface area (TPSA) is 55.4 Å². The van der Waals surface area contributed by atoms with Crippen molar-refractivity contribution in [3.05, 3.63) is 52.0 Å². The van der Waals surface area contributed by atoms with Gasteiger partial charge in [0.05, 0.1) is 12.8 Å². The van der Waals surface area contributed by atoms with Gasteiger partial charge in [-0.3, -0.25) is 4.72 Å². The fourth-order valence-corrected chi connectivity index (χ4v) is 4.53. The molecule has 0 saturated heterocycles. The van der Waals surface area contributed by atoms with Gasteiger partial charge in [-0.15, -0.1) is 0 Å². The van der Waals surface area contributed by atoms with E-state index in [1.165, 1.54) is 12.7 Å². The highest BCUT2D eigenvalue weighted by molar-refractivity contribution is 7.92. The molecule has 0 radical (unpaired) electrons. The highest BCUT2D eigenvalue weighted by Gasteiger charge is 2.24. The number of halogens is 1. The van der Waals surface area contributed by atoms with Crippen LogP contribution in [0.2, 0.25) is 5.02 Å². The maximum Gasteiger partial charge on any atom is 0.265 e. The molecule has 0 atom stereocenters. The molecular weight excluding hydrogens is 346 g/mol. The largest absolute Gasteiger partial charge is 0.495 e. The van der Waals surface area contributed by atoms with E-state index in [4.69, 9.17) is 16.3 Å². The molecule has 3 rings (SSSR count). The van der Waals surface area contributed by atoms with Crippen LogP contribution in [0.25, 0.3) is 0 Å². The number of aryl methyl sites for hydroxylation is 2. The first-order chi connectivity index (χ1) is 11.4. The maximum atomic E-state index is 12.9. The van der Waals surface area contributed by atoms with Crippen LogP contribution in [0.4, 0.5) is 5.69 Å². The molecule has 1 aliphatic carbocycles. The zero-order chi connectivity index (χ0) is 17.3. The quantitative estimate of drug-likeness (QED) is 0.876. The van der Waals surface area contributed by atoms with Crippen molar-refractivity contribution in [2.24, 2.45) is 0 Å². The monoisotopic (exact) mass is 365 g/mol. The van der Waals surface area contributed by atoms with Crippen LogP contribution in [-0.2, 0) is 22.9 Å². The molecule has 24 heavy (non-hydrogen) atoms. The Bertz CT molecular complexity index is 878. The lowest BCUT2D eigenvalue weighted by atomic mass is 9.92. The first kappa shape index (κ1) is 17.1. The van der Waals surface area contributed by atoms with Crippen molar-refractivity contribution >= 4 is 27.3 Å². The van der Waals surface area contributed by atoms with Gasteiger partial charge in [-0.2, -0.15) is 0 Å². The van der Waals surface area contributed by atoms with Gasteiger partial charge in [0, 0.05) is 5.02 Å². The van der Waals surface area contributed by atoms with Gasteiger partial charge in [0.2, 0.25) is 0 Å². The average Bonchev–Trinajstić information content (AvgIpc) is 2.57. The van der Waals surface area contributed by atoms with Crippen molar-refractivity contribution in [2.45, 2.75) is 37.5 Å². The molecule has 0 heterocycles. The number of ether oxygens (including phenoxy) is 1. The zero-order valence-electron chi connectivity index (χ0n) is 13.7. The minimum atomic E-state index is -3.76. The predicted octanol–water partition coefficient (Wildman–Crippen LogP) is 4.34. The molecule has 6 heteroatoms. The van der Waals surface area contributed by atoms with E-state index in [0.29, 0.717) is 22.0 Å². The van der Waals surface area contributed by atoms with Gasteiger partial charge in [0.15, 0.2) is 0 Å². The van der Waals surface area contributed by atoms with E-state index in [0.717, 1.165) is 31.2 Å². The number of sulfonamides is 1. The Hall–Kier alpha value is -1.72. The van der Waals surface area contributed by atoms with Gasteiger partial charge >= 0.3 is 0 Å². The smallest absolute Gasteiger partial charge is 0.265 e. The number of hydrogen-bond acceptors (Lipinski definition) is 3. The van der Waals surface area contributed by atoms with Gasteiger partial charge < -0.3 is 4.74 Å². The van der Waals surface area contributed by atoms with E-state index in [2.05, 4.69) is 4.72 Å². The first-order valence-electron chi connectivity index (χ1n) is 7.90. The van der Waals surface area contributed by atoms with Crippen LogP contribution in [0, 0.1) is 6.92 Å². The van der Waals surface area contributed by atoms with Crippen LogP contribution in [0.15, 0.2) is 35.2 Å². The molecule has 0 aromatic heterocycles. The van der Waals surface area contributed by atoms with Crippen molar-refractivity contribution in [3.63, 3.8) is 0 Å². The molecule has 2 aromatic carbocycles. The lowest BCUT2D eigenvalue weighted by Crippen LogP contribution is -2.16. The van der Waals surface area contributed by atoms with Crippen molar-refractivity contribution in [3.8, 4) is 5.75 Å². The number of fused-ring (bicyclic) bond motifs is 1. The Kier molecular flexibility index (Phi) is 4.74. The Morgan fingerprint density at radius 1 is 1.12 bits per heavy atom. The molecule has 128 valence electrons. The fraction of sp³-hybridized carbons (Fsp3) is 0.333. The summed E-state index contributed by atoms with van der Waals surface area (Å²) in [6, 6.07) is 8.75. The Balaban J connectivity index is 2.04. The maximum absolute atomic E-state index is 12.9. The number of rotatable bonds is 4.